The summed E-state index contributed by atoms with van der Waals surface area (Å²) in [6.45, 7) is 2.11. The molecule has 1 heterocycles. The fourth-order valence-electron chi connectivity index (χ4n) is 1.72. The largest absolute Gasteiger partial charge is 0.383 e. The van der Waals surface area contributed by atoms with Crippen molar-refractivity contribution >= 4 is 0 Å². The lowest BCUT2D eigenvalue weighted by molar-refractivity contribution is 0.199. The molecular formula is C14H15N3O2. The van der Waals surface area contributed by atoms with Gasteiger partial charge in [-0.2, -0.15) is 5.26 Å². The second kappa shape index (κ2) is 6.69. The Morgan fingerprint density at radius 1 is 1.37 bits per heavy atom. The minimum atomic E-state index is 0.628. The van der Waals surface area contributed by atoms with E-state index in [1.807, 2.05) is 12.1 Å². The zero-order valence-electron chi connectivity index (χ0n) is 10.7. The van der Waals surface area contributed by atoms with Gasteiger partial charge in [-0.1, -0.05) is 5.16 Å². The first-order valence-corrected chi connectivity index (χ1v) is 5.99. The van der Waals surface area contributed by atoms with Gasteiger partial charge in [0.1, 0.15) is 0 Å². The van der Waals surface area contributed by atoms with E-state index in [1.54, 1.807) is 25.4 Å². The van der Waals surface area contributed by atoms with Crippen LogP contribution < -0.4 is 5.32 Å². The Balaban J connectivity index is 2.07. The molecule has 0 aliphatic carbocycles. The number of ether oxygens (including phenoxy) is 1. The molecule has 0 unspecified atom stereocenters. The molecule has 2 rings (SSSR count). The molecule has 2 aromatic rings. The summed E-state index contributed by atoms with van der Waals surface area (Å²) in [5.41, 5.74) is 2.53. The van der Waals surface area contributed by atoms with Crippen molar-refractivity contribution in [3.8, 4) is 17.4 Å². The predicted molar refractivity (Wildman–Crippen MR) is 70.2 cm³/mol. The molecule has 0 fully saturated rings. The Kier molecular flexibility index (Phi) is 4.67. The Bertz CT molecular complexity index is 555. The molecule has 1 aromatic carbocycles. The third-order valence-corrected chi connectivity index (χ3v) is 2.72. The van der Waals surface area contributed by atoms with Gasteiger partial charge < -0.3 is 14.6 Å². The normalized spacial score (nSPS) is 10.3. The van der Waals surface area contributed by atoms with Crippen LogP contribution in [0.15, 0.2) is 35.0 Å². The molecule has 0 aliphatic heterocycles. The van der Waals surface area contributed by atoms with Crippen LogP contribution in [0, 0.1) is 11.3 Å². The van der Waals surface area contributed by atoms with Gasteiger partial charge in [0.05, 0.1) is 24.4 Å². The molecule has 0 saturated carbocycles. The topological polar surface area (TPSA) is 71.1 Å². The van der Waals surface area contributed by atoms with Gasteiger partial charge in [-0.05, 0) is 24.3 Å². The molecule has 0 spiro atoms. The summed E-state index contributed by atoms with van der Waals surface area (Å²) in [5.74, 6) is 0.731. The molecule has 0 aliphatic rings. The van der Waals surface area contributed by atoms with Gasteiger partial charge in [0.15, 0.2) is 5.76 Å². The van der Waals surface area contributed by atoms with E-state index >= 15 is 0 Å². The van der Waals surface area contributed by atoms with Crippen LogP contribution in [0.2, 0.25) is 0 Å². The predicted octanol–water partition coefficient (Wildman–Crippen LogP) is 1.95. The molecular weight excluding hydrogens is 242 g/mol. The van der Waals surface area contributed by atoms with Gasteiger partial charge in [0.25, 0.3) is 0 Å². The molecule has 5 nitrogen and oxygen atoms in total. The molecule has 0 amide bonds. The summed E-state index contributed by atoms with van der Waals surface area (Å²) in [5, 5.41) is 15.8. The molecule has 1 N–H and O–H groups in total. The van der Waals surface area contributed by atoms with Crippen LogP contribution in [-0.4, -0.2) is 25.4 Å². The van der Waals surface area contributed by atoms with Gasteiger partial charge in [-0.3, -0.25) is 0 Å². The number of hydrogen-bond acceptors (Lipinski definition) is 5. The van der Waals surface area contributed by atoms with Crippen molar-refractivity contribution in [2.45, 2.75) is 6.54 Å². The van der Waals surface area contributed by atoms with E-state index in [2.05, 4.69) is 16.5 Å². The van der Waals surface area contributed by atoms with E-state index in [1.165, 1.54) is 0 Å². The molecule has 98 valence electrons. The Labute approximate surface area is 111 Å². The van der Waals surface area contributed by atoms with Crippen LogP contribution in [-0.2, 0) is 11.3 Å². The molecule has 0 saturated heterocycles. The standard InChI is InChI=1S/C14H15N3O2/c1-18-7-6-16-9-13-10-17-19-14(13)12-4-2-11(8-15)3-5-12/h2-5,10,16H,6-7,9H2,1H3. The van der Waals surface area contributed by atoms with Crippen molar-refractivity contribution < 1.29 is 9.26 Å². The fraction of sp³-hybridized carbons (Fsp3) is 0.286. The fourth-order valence-corrected chi connectivity index (χ4v) is 1.72. The average Bonchev–Trinajstić information content (AvgIpc) is 2.92. The van der Waals surface area contributed by atoms with Crippen molar-refractivity contribution in [2.24, 2.45) is 0 Å². The smallest absolute Gasteiger partial charge is 0.171 e. The van der Waals surface area contributed by atoms with Gasteiger partial charge in [0, 0.05) is 31.3 Å². The SMILES string of the molecule is COCCNCc1cnoc1-c1ccc(C#N)cc1. The number of nitrogens with one attached hydrogen (secondary N) is 1. The zero-order chi connectivity index (χ0) is 13.5. The summed E-state index contributed by atoms with van der Waals surface area (Å²) in [7, 11) is 1.67. The van der Waals surface area contributed by atoms with Gasteiger partial charge >= 0.3 is 0 Å². The summed E-state index contributed by atoms with van der Waals surface area (Å²) in [4.78, 5) is 0. The van der Waals surface area contributed by atoms with Gasteiger partial charge in [0.2, 0.25) is 0 Å². The number of aromatic nitrogens is 1. The van der Waals surface area contributed by atoms with E-state index in [9.17, 15) is 0 Å². The first-order chi connectivity index (χ1) is 9.35. The summed E-state index contributed by atoms with van der Waals surface area (Å²) >= 11 is 0. The third kappa shape index (κ3) is 3.41. The number of rotatable bonds is 6. The minimum Gasteiger partial charge on any atom is -0.383 e. The second-order valence-corrected chi connectivity index (χ2v) is 4.04. The van der Waals surface area contributed by atoms with Crippen molar-refractivity contribution in [1.82, 2.24) is 10.5 Å². The van der Waals surface area contributed by atoms with Crippen LogP contribution in [0.25, 0.3) is 11.3 Å². The van der Waals surface area contributed by atoms with E-state index in [0.717, 1.165) is 23.4 Å². The minimum absolute atomic E-state index is 0.628. The highest BCUT2D eigenvalue weighted by Gasteiger charge is 2.10. The highest BCUT2D eigenvalue weighted by Crippen LogP contribution is 2.23. The lowest BCUT2D eigenvalue weighted by atomic mass is 10.1. The quantitative estimate of drug-likeness (QED) is 0.801. The molecule has 5 heteroatoms. The van der Waals surface area contributed by atoms with Crippen molar-refractivity contribution in [3.05, 3.63) is 41.6 Å². The highest BCUT2D eigenvalue weighted by molar-refractivity contribution is 5.61. The molecule has 0 atom stereocenters. The maximum Gasteiger partial charge on any atom is 0.171 e. The van der Waals surface area contributed by atoms with Crippen molar-refractivity contribution in [1.29, 1.82) is 5.26 Å². The monoisotopic (exact) mass is 257 g/mol. The lowest BCUT2D eigenvalue weighted by Crippen LogP contribution is -2.18. The number of benzene rings is 1. The summed E-state index contributed by atoms with van der Waals surface area (Å²) in [6.07, 6.45) is 1.70. The van der Waals surface area contributed by atoms with Crippen LogP contribution in [0.3, 0.4) is 0 Å². The maximum absolute atomic E-state index is 8.77. The number of nitrogens with zero attached hydrogens (tertiary/aromatic N) is 2. The molecule has 0 bridgehead atoms. The first-order valence-electron chi connectivity index (χ1n) is 5.99. The van der Waals surface area contributed by atoms with Crippen LogP contribution in [0.1, 0.15) is 11.1 Å². The second-order valence-electron chi connectivity index (χ2n) is 4.04. The van der Waals surface area contributed by atoms with Crippen LogP contribution in [0.5, 0.6) is 0 Å². The van der Waals surface area contributed by atoms with E-state index < -0.39 is 0 Å². The Morgan fingerprint density at radius 3 is 2.84 bits per heavy atom. The highest BCUT2D eigenvalue weighted by atomic mass is 16.5. The molecule has 0 radical (unpaired) electrons. The number of hydrogen-bond donors (Lipinski definition) is 1. The van der Waals surface area contributed by atoms with Crippen LogP contribution in [0.4, 0.5) is 0 Å². The van der Waals surface area contributed by atoms with Gasteiger partial charge in [-0.15, -0.1) is 0 Å². The zero-order valence-corrected chi connectivity index (χ0v) is 10.7. The number of nitriles is 1. The maximum atomic E-state index is 8.77. The Morgan fingerprint density at radius 2 is 2.16 bits per heavy atom. The molecule has 19 heavy (non-hydrogen) atoms. The van der Waals surface area contributed by atoms with Crippen LogP contribution >= 0.6 is 0 Å². The number of methoxy groups -OCH3 is 1. The Hall–Kier alpha value is -2.16. The average molecular weight is 257 g/mol. The van der Waals surface area contributed by atoms with E-state index in [-0.39, 0.29) is 0 Å². The molecule has 1 aromatic heterocycles. The first kappa shape index (κ1) is 13.3. The third-order valence-electron chi connectivity index (χ3n) is 2.72. The lowest BCUT2D eigenvalue weighted by Gasteiger charge is -2.04. The van der Waals surface area contributed by atoms with Crippen molar-refractivity contribution in [3.63, 3.8) is 0 Å². The van der Waals surface area contributed by atoms with E-state index in [0.29, 0.717) is 18.7 Å². The van der Waals surface area contributed by atoms with E-state index in [4.69, 9.17) is 14.5 Å². The van der Waals surface area contributed by atoms with Crippen molar-refractivity contribution in [2.75, 3.05) is 20.3 Å². The summed E-state index contributed by atoms with van der Waals surface area (Å²) in [6, 6.07) is 9.34. The summed E-state index contributed by atoms with van der Waals surface area (Å²) < 4.78 is 10.2. The van der Waals surface area contributed by atoms with Gasteiger partial charge in [-0.25, -0.2) is 0 Å².